The maximum atomic E-state index is 12.6. The molecule has 0 radical (unpaired) electrons. The molecule has 0 heterocycles. The second-order valence-electron chi connectivity index (χ2n) is 6.57. The van der Waals surface area contributed by atoms with Crippen LogP contribution in [0.3, 0.4) is 0 Å². The molecule has 0 spiro atoms. The molecule has 1 unspecified atom stereocenters. The van der Waals surface area contributed by atoms with Crippen molar-refractivity contribution in [3.63, 3.8) is 0 Å². The summed E-state index contributed by atoms with van der Waals surface area (Å²) in [6, 6.07) is 5.48. The number of anilines is 1. The van der Waals surface area contributed by atoms with E-state index < -0.39 is 0 Å². The van der Waals surface area contributed by atoms with Gasteiger partial charge in [-0.1, -0.05) is 0 Å². The lowest BCUT2D eigenvalue weighted by Gasteiger charge is -2.13. The van der Waals surface area contributed by atoms with Crippen molar-refractivity contribution in [3.8, 4) is 11.5 Å². The van der Waals surface area contributed by atoms with Gasteiger partial charge in [0.1, 0.15) is 11.5 Å². The predicted octanol–water partition coefficient (Wildman–Crippen LogP) is 2.93. The molecule has 4 rings (SSSR count). The molecular formula is C17H21NO3. The highest BCUT2D eigenvalue weighted by atomic mass is 16.5. The van der Waals surface area contributed by atoms with Crippen LogP contribution in [0.2, 0.25) is 0 Å². The zero-order valence-corrected chi connectivity index (χ0v) is 12.5. The number of carbonyl (C=O) groups is 1. The maximum absolute atomic E-state index is 12.6. The van der Waals surface area contributed by atoms with Gasteiger partial charge in [-0.3, -0.25) is 4.79 Å². The Labute approximate surface area is 124 Å². The van der Waals surface area contributed by atoms with Crippen molar-refractivity contribution < 1.29 is 14.3 Å². The number of ether oxygens (including phenoxy) is 2. The minimum absolute atomic E-state index is 0.160. The molecule has 5 atom stereocenters. The number of carbonyl (C=O) groups excluding carboxylic acids is 1. The fraction of sp³-hybridized carbons (Fsp3) is 0.588. The molecule has 1 amide bonds. The van der Waals surface area contributed by atoms with Gasteiger partial charge in [-0.05, 0) is 55.1 Å². The first-order chi connectivity index (χ1) is 10.2. The van der Waals surface area contributed by atoms with E-state index in [1.54, 1.807) is 14.2 Å². The van der Waals surface area contributed by atoms with Crippen LogP contribution in [0, 0.1) is 29.6 Å². The maximum Gasteiger partial charge on any atom is 0.228 e. The first kappa shape index (κ1) is 13.0. The van der Waals surface area contributed by atoms with E-state index in [2.05, 4.69) is 5.32 Å². The SMILES string of the molecule is COc1ccc(OC)c(NC(=O)C2[C@@H]3[C@H]4CC[C@@H](C4)[C@H]23)c1. The average Bonchev–Trinajstić information content (AvgIpc) is 2.96. The number of nitrogens with one attached hydrogen (secondary N) is 1. The zero-order valence-electron chi connectivity index (χ0n) is 12.5. The lowest BCUT2D eigenvalue weighted by Crippen LogP contribution is -2.19. The second-order valence-corrected chi connectivity index (χ2v) is 6.57. The van der Waals surface area contributed by atoms with Crippen molar-refractivity contribution in [2.24, 2.45) is 29.6 Å². The van der Waals surface area contributed by atoms with E-state index in [0.29, 0.717) is 23.3 Å². The van der Waals surface area contributed by atoms with E-state index in [-0.39, 0.29) is 11.8 Å². The summed E-state index contributed by atoms with van der Waals surface area (Å²) in [5, 5.41) is 3.05. The number of hydrogen-bond donors (Lipinski definition) is 1. The Bertz CT molecular complexity index is 569. The minimum Gasteiger partial charge on any atom is -0.497 e. The van der Waals surface area contributed by atoms with Crippen LogP contribution in [0.15, 0.2) is 18.2 Å². The van der Waals surface area contributed by atoms with Crippen molar-refractivity contribution in [2.75, 3.05) is 19.5 Å². The van der Waals surface area contributed by atoms with Crippen molar-refractivity contribution >= 4 is 11.6 Å². The Balaban J connectivity index is 1.50. The molecule has 3 aliphatic rings. The van der Waals surface area contributed by atoms with E-state index in [0.717, 1.165) is 17.6 Å². The van der Waals surface area contributed by atoms with Crippen LogP contribution in [0.25, 0.3) is 0 Å². The van der Waals surface area contributed by atoms with Gasteiger partial charge in [-0.2, -0.15) is 0 Å². The van der Waals surface area contributed by atoms with Crippen LogP contribution in [0.4, 0.5) is 5.69 Å². The highest BCUT2D eigenvalue weighted by Crippen LogP contribution is 2.69. The number of methoxy groups -OCH3 is 2. The first-order valence-corrected chi connectivity index (χ1v) is 7.76. The van der Waals surface area contributed by atoms with E-state index in [1.807, 2.05) is 18.2 Å². The molecule has 0 aromatic heterocycles. The number of rotatable bonds is 4. The molecule has 2 bridgehead atoms. The van der Waals surface area contributed by atoms with Gasteiger partial charge in [-0.15, -0.1) is 0 Å². The molecule has 1 aromatic rings. The fourth-order valence-electron chi connectivity index (χ4n) is 4.80. The third-order valence-corrected chi connectivity index (χ3v) is 5.70. The van der Waals surface area contributed by atoms with Crippen LogP contribution < -0.4 is 14.8 Å². The standard InChI is InChI=1S/C17H21NO3/c1-20-11-5-6-13(21-2)12(8-11)18-17(19)16-14-9-3-4-10(7-9)15(14)16/h5-6,8-10,14-16H,3-4,7H2,1-2H3,(H,18,19)/t9-,10-,14-,15+,16?/m0/s1. The number of amides is 1. The van der Waals surface area contributed by atoms with Gasteiger partial charge in [-0.25, -0.2) is 0 Å². The van der Waals surface area contributed by atoms with Gasteiger partial charge < -0.3 is 14.8 Å². The molecule has 0 aliphatic heterocycles. The van der Waals surface area contributed by atoms with Gasteiger partial charge in [0.2, 0.25) is 5.91 Å². The molecule has 4 nitrogen and oxygen atoms in total. The Morgan fingerprint density at radius 2 is 1.86 bits per heavy atom. The molecule has 0 saturated heterocycles. The first-order valence-electron chi connectivity index (χ1n) is 7.76. The lowest BCUT2D eigenvalue weighted by atomic mass is 10.0. The molecule has 112 valence electrons. The fourth-order valence-corrected chi connectivity index (χ4v) is 4.80. The van der Waals surface area contributed by atoms with Crippen LogP contribution in [0.1, 0.15) is 19.3 Å². The van der Waals surface area contributed by atoms with Crippen LogP contribution in [-0.2, 0) is 4.79 Å². The third kappa shape index (κ3) is 1.92. The summed E-state index contributed by atoms with van der Waals surface area (Å²) < 4.78 is 10.5. The Morgan fingerprint density at radius 3 is 2.48 bits per heavy atom. The highest BCUT2D eigenvalue weighted by molar-refractivity contribution is 5.96. The molecule has 1 aromatic carbocycles. The largest absolute Gasteiger partial charge is 0.497 e. The van der Waals surface area contributed by atoms with E-state index >= 15 is 0 Å². The summed E-state index contributed by atoms with van der Waals surface area (Å²) in [6.07, 6.45) is 4.03. The molecule has 3 saturated carbocycles. The Kier molecular flexibility index (Phi) is 2.88. The third-order valence-electron chi connectivity index (χ3n) is 5.70. The normalized spacial score (nSPS) is 35.2. The van der Waals surface area contributed by atoms with Crippen molar-refractivity contribution in [1.82, 2.24) is 0 Å². The van der Waals surface area contributed by atoms with Gasteiger partial charge in [0.05, 0.1) is 19.9 Å². The van der Waals surface area contributed by atoms with Gasteiger partial charge in [0.15, 0.2) is 0 Å². The van der Waals surface area contributed by atoms with Crippen molar-refractivity contribution in [2.45, 2.75) is 19.3 Å². The van der Waals surface area contributed by atoms with Crippen molar-refractivity contribution in [1.29, 1.82) is 0 Å². The summed E-state index contributed by atoms with van der Waals surface area (Å²) in [7, 11) is 3.24. The van der Waals surface area contributed by atoms with Crippen LogP contribution in [-0.4, -0.2) is 20.1 Å². The summed E-state index contributed by atoms with van der Waals surface area (Å²) in [5.41, 5.74) is 0.708. The average molecular weight is 287 g/mol. The zero-order chi connectivity index (χ0) is 14.6. The molecule has 4 heteroatoms. The van der Waals surface area contributed by atoms with E-state index in [4.69, 9.17) is 9.47 Å². The topological polar surface area (TPSA) is 47.6 Å². The quantitative estimate of drug-likeness (QED) is 0.926. The summed E-state index contributed by atoms with van der Waals surface area (Å²) in [5.74, 6) is 4.71. The number of hydrogen-bond acceptors (Lipinski definition) is 3. The van der Waals surface area contributed by atoms with E-state index in [1.165, 1.54) is 19.3 Å². The molecule has 21 heavy (non-hydrogen) atoms. The molecule has 1 N–H and O–H groups in total. The van der Waals surface area contributed by atoms with E-state index in [9.17, 15) is 4.79 Å². The lowest BCUT2D eigenvalue weighted by molar-refractivity contribution is -0.118. The number of benzene rings is 1. The molecule has 3 aliphatic carbocycles. The molecule has 3 fully saturated rings. The second kappa shape index (κ2) is 4.65. The Morgan fingerprint density at radius 1 is 1.14 bits per heavy atom. The number of fused-ring (bicyclic) bond motifs is 5. The smallest absolute Gasteiger partial charge is 0.228 e. The monoisotopic (exact) mass is 287 g/mol. The summed E-state index contributed by atoms with van der Waals surface area (Å²) in [6.45, 7) is 0. The van der Waals surface area contributed by atoms with Gasteiger partial charge in [0, 0.05) is 12.0 Å². The van der Waals surface area contributed by atoms with Gasteiger partial charge in [0.25, 0.3) is 0 Å². The van der Waals surface area contributed by atoms with Crippen molar-refractivity contribution in [3.05, 3.63) is 18.2 Å². The Hall–Kier alpha value is -1.71. The summed E-state index contributed by atoms with van der Waals surface area (Å²) >= 11 is 0. The summed E-state index contributed by atoms with van der Waals surface area (Å²) in [4.78, 5) is 12.6. The van der Waals surface area contributed by atoms with Gasteiger partial charge >= 0.3 is 0 Å². The predicted molar refractivity (Wildman–Crippen MR) is 79.5 cm³/mol. The highest BCUT2D eigenvalue weighted by Gasteiger charge is 2.67. The molecular weight excluding hydrogens is 266 g/mol. The van der Waals surface area contributed by atoms with Crippen LogP contribution in [0.5, 0.6) is 11.5 Å². The van der Waals surface area contributed by atoms with Crippen LogP contribution >= 0.6 is 0 Å². The minimum atomic E-state index is 0.160.